The number of aromatic hydroxyl groups is 2. The first-order chi connectivity index (χ1) is 13.4. The Labute approximate surface area is 161 Å². The van der Waals surface area contributed by atoms with Crippen LogP contribution in [0.2, 0.25) is 0 Å². The summed E-state index contributed by atoms with van der Waals surface area (Å²) in [6.45, 7) is 0. The van der Waals surface area contributed by atoms with Crippen molar-refractivity contribution in [1.29, 1.82) is 0 Å². The average Bonchev–Trinajstić information content (AvgIpc) is 3.10. The van der Waals surface area contributed by atoms with Gasteiger partial charge >= 0.3 is 0 Å². The number of aliphatic hydroxyl groups excluding tert-OH is 1. The highest BCUT2D eigenvalue weighted by Gasteiger charge is 2.17. The molecule has 0 saturated carbocycles. The lowest BCUT2D eigenvalue weighted by Gasteiger charge is -2.08. The predicted molar refractivity (Wildman–Crippen MR) is 103 cm³/mol. The number of benzene rings is 2. The van der Waals surface area contributed by atoms with E-state index in [0.29, 0.717) is 39.7 Å². The van der Waals surface area contributed by atoms with Gasteiger partial charge in [-0.3, -0.25) is 0 Å². The van der Waals surface area contributed by atoms with Crippen molar-refractivity contribution in [3.8, 4) is 45.4 Å². The molecule has 0 bridgehead atoms. The molecule has 0 aliphatic rings. The molecule has 0 atom stereocenters. The molecule has 7 nitrogen and oxygen atoms in total. The lowest BCUT2D eigenvalue weighted by molar-refractivity contribution is 0.00298. The number of hydrogen-bond acceptors (Lipinski definition) is 7. The zero-order valence-corrected chi connectivity index (χ0v) is 15.3. The van der Waals surface area contributed by atoms with Crippen LogP contribution in [0.1, 0.15) is 5.76 Å². The Morgan fingerprint density at radius 2 is 1.43 bits per heavy atom. The van der Waals surface area contributed by atoms with Gasteiger partial charge in [0.1, 0.15) is 11.5 Å². The fraction of sp³-hybridized carbons (Fsp3) is 0.143. The maximum atomic E-state index is 10.1. The van der Waals surface area contributed by atoms with Gasteiger partial charge in [-0.1, -0.05) is 6.07 Å². The first-order valence-electron chi connectivity index (χ1n) is 8.36. The highest BCUT2D eigenvalue weighted by molar-refractivity contribution is 5.83. The minimum atomic E-state index is -1.62. The number of phenols is 2. The van der Waals surface area contributed by atoms with Gasteiger partial charge in [0, 0.05) is 11.1 Å². The monoisotopic (exact) mass is 384 g/mol. The Hall–Kier alpha value is -3.42. The van der Waals surface area contributed by atoms with Crippen LogP contribution >= 0.6 is 0 Å². The fourth-order valence-corrected chi connectivity index (χ4v) is 2.79. The van der Waals surface area contributed by atoms with Crippen LogP contribution in [0, 0.1) is 0 Å². The van der Waals surface area contributed by atoms with Gasteiger partial charge in [-0.15, -0.1) is 0 Å². The second-order valence-corrected chi connectivity index (χ2v) is 5.94. The van der Waals surface area contributed by atoms with E-state index in [9.17, 15) is 10.2 Å². The van der Waals surface area contributed by atoms with Crippen molar-refractivity contribution in [3.63, 3.8) is 0 Å². The second-order valence-electron chi connectivity index (χ2n) is 5.94. The number of ether oxygens (including phenoxy) is 2. The molecule has 0 aliphatic carbocycles. The lowest BCUT2D eigenvalue weighted by atomic mass is 10.0. The van der Waals surface area contributed by atoms with Gasteiger partial charge in [-0.2, -0.15) is 0 Å². The Bertz CT molecular complexity index is 931. The number of aliphatic hydroxyl groups is 2. The molecule has 1 heterocycles. The van der Waals surface area contributed by atoms with Gasteiger partial charge in [0.05, 0.1) is 14.2 Å². The summed E-state index contributed by atoms with van der Waals surface area (Å²) in [5.41, 5.74) is 1.86. The summed E-state index contributed by atoms with van der Waals surface area (Å²) in [7, 11) is 2.91. The molecule has 3 rings (SSSR count). The number of rotatable bonds is 6. The van der Waals surface area contributed by atoms with Crippen LogP contribution in [0.5, 0.6) is 23.0 Å². The molecule has 0 saturated heterocycles. The molecule has 0 fully saturated rings. The van der Waals surface area contributed by atoms with E-state index in [1.807, 2.05) is 0 Å². The topological polar surface area (TPSA) is 113 Å². The van der Waals surface area contributed by atoms with Crippen molar-refractivity contribution < 1.29 is 34.3 Å². The summed E-state index contributed by atoms with van der Waals surface area (Å²) < 4.78 is 16.0. The molecule has 0 amide bonds. The van der Waals surface area contributed by atoms with Crippen molar-refractivity contribution in [1.82, 2.24) is 0 Å². The van der Waals surface area contributed by atoms with Crippen LogP contribution in [0.3, 0.4) is 0 Å². The minimum Gasteiger partial charge on any atom is -0.504 e. The Morgan fingerprint density at radius 1 is 0.857 bits per heavy atom. The number of phenolic OH excluding ortho intramolecular Hbond substituents is 2. The number of furan rings is 1. The third-order valence-electron chi connectivity index (χ3n) is 4.11. The highest BCUT2D eigenvalue weighted by atomic mass is 16.5. The molecular formula is C21H20O7. The van der Waals surface area contributed by atoms with Crippen LogP contribution in [0.15, 0.2) is 53.0 Å². The van der Waals surface area contributed by atoms with E-state index in [0.717, 1.165) is 6.08 Å². The Balaban J connectivity index is 2.14. The summed E-state index contributed by atoms with van der Waals surface area (Å²) >= 11 is 0. The van der Waals surface area contributed by atoms with E-state index >= 15 is 0 Å². The van der Waals surface area contributed by atoms with Gasteiger partial charge in [0.15, 0.2) is 29.3 Å². The van der Waals surface area contributed by atoms with Crippen LogP contribution in [0.25, 0.3) is 28.5 Å². The van der Waals surface area contributed by atoms with E-state index in [1.54, 1.807) is 30.3 Å². The van der Waals surface area contributed by atoms with Gasteiger partial charge in [-0.05, 0) is 54.1 Å². The molecular weight excluding hydrogens is 364 g/mol. The van der Waals surface area contributed by atoms with Crippen LogP contribution < -0.4 is 9.47 Å². The van der Waals surface area contributed by atoms with Gasteiger partial charge in [-0.25, -0.2) is 0 Å². The minimum absolute atomic E-state index is 0.0346. The zero-order chi connectivity index (χ0) is 20.3. The summed E-state index contributed by atoms with van der Waals surface area (Å²) in [6.07, 6.45) is 0.959. The van der Waals surface area contributed by atoms with Gasteiger partial charge in [0.2, 0.25) is 0 Å². The first-order valence-corrected chi connectivity index (χ1v) is 8.36. The lowest BCUT2D eigenvalue weighted by Crippen LogP contribution is -1.96. The number of methoxy groups -OCH3 is 2. The molecule has 2 aromatic carbocycles. The van der Waals surface area contributed by atoms with Gasteiger partial charge < -0.3 is 34.3 Å². The summed E-state index contributed by atoms with van der Waals surface area (Å²) in [5, 5.41) is 38.3. The van der Waals surface area contributed by atoms with Crippen LogP contribution in [-0.2, 0) is 0 Å². The summed E-state index contributed by atoms with van der Waals surface area (Å²) in [5.74, 6) is 1.36. The molecule has 0 spiro atoms. The van der Waals surface area contributed by atoms with Gasteiger partial charge in [0.25, 0.3) is 0 Å². The van der Waals surface area contributed by atoms with Crippen LogP contribution in [-0.4, -0.2) is 40.9 Å². The van der Waals surface area contributed by atoms with Crippen molar-refractivity contribution in [2.75, 3.05) is 14.2 Å². The SMILES string of the molecule is COc1ccc(-c2cc(/C=C/C(O)O)oc2-c2ccc(OC)c(O)c2)cc1O. The van der Waals surface area contributed by atoms with E-state index in [4.69, 9.17) is 24.1 Å². The second kappa shape index (κ2) is 8.08. The third-order valence-corrected chi connectivity index (χ3v) is 4.11. The molecule has 0 aliphatic heterocycles. The van der Waals surface area contributed by atoms with E-state index in [1.165, 1.54) is 32.4 Å². The standard InChI is InChI=1S/C21H20O7/c1-26-18-6-3-12(9-16(18)22)15-11-14(5-8-20(24)25)28-21(15)13-4-7-19(27-2)17(23)10-13/h3-11,20,22-25H,1-2H3/b8-5+. The van der Waals surface area contributed by atoms with E-state index in [-0.39, 0.29) is 11.5 Å². The summed E-state index contributed by atoms with van der Waals surface area (Å²) in [6, 6.07) is 11.4. The Morgan fingerprint density at radius 3 is 1.96 bits per heavy atom. The summed E-state index contributed by atoms with van der Waals surface area (Å²) in [4.78, 5) is 0. The first kappa shape index (κ1) is 19.3. The molecule has 1 aromatic heterocycles. The highest BCUT2D eigenvalue weighted by Crippen LogP contribution is 2.41. The van der Waals surface area contributed by atoms with Crippen molar-refractivity contribution >= 4 is 6.08 Å². The molecule has 7 heteroatoms. The van der Waals surface area contributed by atoms with Crippen LogP contribution in [0.4, 0.5) is 0 Å². The normalized spacial score (nSPS) is 11.3. The molecule has 4 N–H and O–H groups in total. The maximum Gasteiger partial charge on any atom is 0.171 e. The largest absolute Gasteiger partial charge is 0.504 e. The van der Waals surface area contributed by atoms with E-state index in [2.05, 4.69) is 0 Å². The smallest absolute Gasteiger partial charge is 0.171 e. The number of hydrogen-bond donors (Lipinski definition) is 4. The predicted octanol–water partition coefficient (Wildman–Crippen LogP) is 3.37. The average molecular weight is 384 g/mol. The van der Waals surface area contributed by atoms with Crippen molar-refractivity contribution in [2.24, 2.45) is 0 Å². The molecule has 3 aromatic rings. The van der Waals surface area contributed by atoms with E-state index < -0.39 is 6.29 Å². The third kappa shape index (κ3) is 3.95. The van der Waals surface area contributed by atoms with Crippen molar-refractivity contribution in [3.05, 3.63) is 54.3 Å². The van der Waals surface area contributed by atoms with Crippen molar-refractivity contribution in [2.45, 2.75) is 6.29 Å². The zero-order valence-electron chi connectivity index (χ0n) is 15.3. The molecule has 146 valence electrons. The quantitative estimate of drug-likeness (QED) is 0.482. The Kier molecular flexibility index (Phi) is 5.58. The maximum absolute atomic E-state index is 10.1. The fourth-order valence-electron chi connectivity index (χ4n) is 2.79. The molecule has 28 heavy (non-hydrogen) atoms. The molecule has 0 radical (unpaired) electrons. The molecule has 0 unspecified atom stereocenters.